The Kier molecular flexibility index (Phi) is 7.79. The molecule has 0 saturated carbocycles. The number of halogens is 1. The van der Waals surface area contributed by atoms with Crippen LogP contribution in [0.3, 0.4) is 0 Å². The predicted molar refractivity (Wildman–Crippen MR) is 97.6 cm³/mol. The summed E-state index contributed by atoms with van der Waals surface area (Å²) in [5.74, 6) is 0.00889. The Balaban J connectivity index is 0.00000264. The van der Waals surface area contributed by atoms with Gasteiger partial charge in [-0.1, -0.05) is 54.6 Å². The third kappa shape index (κ3) is 5.38. The van der Waals surface area contributed by atoms with Crippen LogP contribution in [0.4, 0.5) is 0 Å². The molecule has 124 valence electrons. The van der Waals surface area contributed by atoms with Gasteiger partial charge in [0.2, 0.25) is 5.91 Å². The molecule has 2 rings (SSSR count). The maximum Gasteiger partial charge on any atom is 0.240 e. The van der Waals surface area contributed by atoms with E-state index in [0.29, 0.717) is 19.5 Å². The van der Waals surface area contributed by atoms with E-state index in [0.717, 1.165) is 5.56 Å². The Hall–Kier alpha value is -1.84. The third-order valence-electron chi connectivity index (χ3n) is 3.93. The van der Waals surface area contributed by atoms with E-state index in [1.165, 1.54) is 11.1 Å². The number of carbonyl (C=O) groups is 1. The largest absolute Gasteiger partial charge is 0.337 e. The van der Waals surface area contributed by atoms with Gasteiger partial charge in [0, 0.05) is 13.1 Å². The van der Waals surface area contributed by atoms with Crippen molar-refractivity contribution in [3.05, 3.63) is 71.3 Å². The smallest absolute Gasteiger partial charge is 0.240 e. The molecule has 0 aliphatic heterocycles. The molecule has 1 amide bonds. The third-order valence-corrected chi connectivity index (χ3v) is 3.93. The summed E-state index contributed by atoms with van der Waals surface area (Å²) in [4.78, 5) is 14.4. The molecule has 2 aromatic rings. The Morgan fingerprint density at radius 2 is 1.70 bits per heavy atom. The van der Waals surface area contributed by atoms with Crippen LogP contribution in [0.5, 0.6) is 0 Å². The SMILES string of the molecule is CCN(Cc1ccccc1C)C(=O)C(N)Cc1ccccc1.Cl. The second kappa shape index (κ2) is 9.33. The fourth-order valence-electron chi connectivity index (χ4n) is 2.53. The van der Waals surface area contributed by atoms with Gasteiger partial charge in [0.15, 0.2) is 0 Å². The Bertz CT molecular complexity index is 616. The van der Waals surface area contributed by atoms with Crippen molar-refractivity contribution in [2.45, 2.75) is 32.9 Å². The highest BCUT2D eigenvalue weighted by Crippen LogP contribution is 2.12. The lowest BCUT2D eigenvalue weighted by Crippen LogP contribution is -2.44. The Morgan fingerprint density at radius 3 is 2.30 bits per heavy atom. The van der Waals surface area contributed by atoms with Crippen molar-refractivity contribution >= 4 is 18.3 Å². The van der Waals surface area contributed by atoms with Gasteiger partial charge >= 0.3 is 0 Å². The minimum atomic E-state index is -0.494. The average molecular weight is 333 g/mol. The van der Waals surface area contributed by atoms with E-state index in [-0.39, 0.29) is 18.3 Å². The Labute approximate surface area is 144 Å². The zero-order chi connectivity index (χ0) is 15.9. The topological polar surface area (TPSA) is 46.3 Å². The minimum absolute atomic E-state index is 0. The fourth-order valence-corrected chi connectivity index (χ4v) is 2.53. The van der Waals surface area contributed by atoms with Gasteiger partial charge in [0.1, 0.15) is 0 Å². The molecule has 1 atom stereocenters. The van der Waals surface area contributed by atoms with Crippen LogP contribution >= 0.6 is 12.4 Å². The van der Waals surface area contributed by atoms with Gasteiger partial charge in [-0.05, 0) is 37.0 Å². The maximum atomic E-state index is 12.6. The number of carbonyl (C=O) groups excluding carboxylic acids is 1. The van der Waals surface area contributed by atoms with Gasteiger partial charge in [-0.3, -0.25) is 4.79 Å². The standard InChI is InChI=1S/C19H24N2O.ClH/c1-3-21(14-17-12-8-7-9-15(17)2)19(22)18(20)13-16-10-5-4-6-11-16;/h4-12,18H,3,13-14,20H2,1-2H3;1H. The number of amides is 1. The normalized spacial score (nSPS) is 11.4. The summed E-state index contributed by atoms with van der Waals surface area (Å²) in [5.41, 5.74) is 9.59. The van der Waals surface area contributed by atoms with Gasteiger partial charge < -0.3 is 10.6 Å². The first-order valence-electron chi connectivity index (χ1n) is 7.74. The number of hydrogen-bond donors (Lipinski definition) is 1. The predicted octanol–water partition coefficient (Wildman–Crippen LogP) is 3.34. The van der Waals surface area contributed by atoms with Crippen LogP contribution in [0.2, 0.25) is 0 Å². The second-order valence-electron chi connectivity index (χ2n) is 5.58. The molecule has 0 heterocycles. The van der Waals surface area contributed by atoms with E-state index in [4.69, 9.17) is 5.73 Å². The molecule has 1 unspecified atom stereocenters. The molecule has 0 aromatic heterocycles. The molecule has 0 aliphatic rings. The summed E-state index contributed by atoms with van der Waals surface area (Å²) in [6.07, 6.45) is 0.573. The zero-order valence-corrected chi connectivity index (χ0v) is 14.6. The summed E-state index contributed by atoms with van der Waals surface area (Å²) in [6, 6.07) is 17.6. The molecular formula is C19H25ClN2O. The highest BCUT2D eigenvalue weighted by Gasteiger charge is 2.20. The highest BCUT2D eigenvalue weighted by atomic mass is 35.5. The van der Waals surface area contributed by atoms with E-state index in [2.05, 4.69) is 19.1 Å². The van der Waals surface area contributed by atoms with E-state index < -0.39 is 6.04 Å². The van der Waals surface area contributed by atoms with Crippen LogP contribution in [0.15, 0.2) is 54.6 Å². The average Bonchev–Trinajstić information content (AvgIpc) is 2.54. The van der Waals surface area contributed by atoms with Crippen molar-refractivity contribution in [1.82, 2.24) is 4.90 Å². The molecular weight excluding hydrogens is 308 g/mol. The van der Waals surface area contributed by atoms with Gasteiger partial charge in [-0.15, -0.1) is 12.4 Å². The summed E-state index contributed by atoms with van der Waals surface area (Å²) in [5, 5.41) is 0. The second-order valence-corrected chi connectivity index (χ2v) is 5.58. The number of nitrogens with two attached hydrogens (primary N) is 1. The molecule has 0 fully saturated rings. The molecule has 2 N–H and O–H groups in total. The lowest BCUT2D eigenvalue weighted by molar-refractivity contribution is -0.133. The van der Waals surface area contributed by atoms with Crippen molar-refractivity contribution in [3.63, 3.8) is 0 Å². The van der Waals surface area contributed by atoms with Crippen LogP contribution in [0, 0.1) is 6.92 Å². The van der Waals surface area contributed by atoms with Crippen molar-refractivity contribution < 1.29 is 4.79 Å². The minimum Gasteiger partial charge on any atom is -0.337 e. The van der Waals surface area contributed by atoms with Gasteiger partial charge in [-0.25, -0.2) is 0 Å². The quantitative estimate of drug-likeness (QED) is 0.882. The van der Waals surface area contributed by atoms with Gasteiger partial charge in [0.25, 0.3) is 0 Å². The van der Waals surface area contributed by atoms with Crippen LogP contribution in [-0.2, 0) is 17.8 Å². The number of benzene rings is 2. The molecule has 2 aromatic carbocycles. The molecule has 0 bridgehead atoms. The Morgan fingerprint density at radius 1 is 1.09 bits per heavy atom. The molecule has 23 heavy (non-hydrogen) atoms. The first kappa shape index (κ1) is 19.2. The molecule has 0 spiro atoms. The van der Waals surface area contributed by atoms with E-state index in [1.807, 2.05) is 54.3 Å². The summed E-state index contributed by atoms with van der Waals surface area (Å²) in [6.45, 7) is 5.34. The fraction of sp³-hybridized carbons (Fsp3) is 0.316. The van der Waals surface area contributed by atoms with Crippen LogP contribution in [-0.4, -0.2) is 23.4 Å². The maximum absolute atomic E-state index is 12.6. The van der Waals surface area contributed by atoms with E-state index in [9.17, 15) is 4.79 Å². The van der Waals surface area contributed by atoms with Crippen molar-refractivity contribution in [1.29, 1.82) is 0 Å². The molecule has 3 nitrogen and oxygen atoms in total. The van der Waals surface area contributed by atoms with Crippen molar-refractivity contribution in [3.8, 4) is 0 Å². The number of likely N-dealkylation sites (N-methyl/N-ethyl adjacent to an activating group) is 1. The molecule has 0 saturated heterocycles. The van der Waals surface area contributed by atoms with Crippen LogP contribution < -0.4 is 5.73 Å². The highest BCUT2D eigenvalue weighted by molar-refractivity contribution is 5.85. The van der Waals surface area contributed by atoms with Crippen LogP contribution in [0.1, 0.15) is 23.6 Å². The van der Waals surface area contributed by atoms with Crippen LogP contribution in [0.25, 0.3) is 0 Å². The number of rotatable bonds is 6. The summed E-state index contributed by atoms with van der Waals surface area (Å²) >= 11 is 0. The molecule has 0 aliphatic carbocycles. The lowest BCUT2D eigenvalue weighted by Gasteiger charge is -2.25. The molecule has 0 radical (unpaired) electrons. The number of aryl methyl sites for hydroxylation is 1. The lowest BCUT2D eigenvalue weighted by atomic mass is 10.0. The van der Waals surface area contributed by atoms with Gasteiger partial charge in [-0.2, -0.15) is 0 Å². The molecule has 4 heteroatoms. The number of nitrogens with zero attached hydrogens (tertiary/aromatic N) is 1. The van der Waals surface area contributed by atoms with E-state index in [1.54, 1.807) is 0 Å². The summed E-state index contributed by atoms with van der Waals surface area (Å²) in [7, 11) is 0. The van der Waals surface area contributed by atoms with Crippen molar-refractivity contribution in [2.75, 3.05) is 6.54 Å². The zero-order valence-electron chi connectivity index (χ0n) is 13.7. The monoisotopic (exact) mass is 332 g/mol. The number of hydrogen-bond acceptors (Lipinski definition) is 2. The van der Waals surface area contributed by atoms with Crippen molar-refractivity contribution in [2.24, 2.45) is 5.73 Å². The van der Waals surface area contributed by atoms with Gasteiger partial charge in [0.05, 0.1) is 6.04 Å². The summed E-state index contributed by atoms with van der Waals surface area (Å²) < 4.78 is 0. The van der Waals surface area contributed by atoms with E-state index >= 15 is 0 Å². The first-order chi connectivity index (χ1) is 10.6. The first-order valence-corrected chi connectivity index (χ1v) is 7.74.